The van der Waals surface area contributed by atoms with Crippen LogP contribution in [-0.2, 0) is 24.0 Å². The van der Waals surface area contributed by atoms with Gasteiger partial charge in [-0.05, 0) is 6.08 Å². The predicted molar refractivity (Wildman–Crippen MR) is 55.4 cm³/mol. The maximum absolute atomic E-state index is 11.0. The molecule has 0 saturated heterocycles. The Morgan fingerprint density at radius 3 is 2.60 bits per heavy atom. The number of methoxy groups -OCH3 is 1. The highest BCUT2D eigenvalue weighted by atomic mass is 32.2. The van der Waals surface area contributed by atoms with Crippen LogP contribution >= 0.6 is 0 Å². The minimum absolute atomic E-state index is 0.0467. The number of rotatable bonds is 7. The molecule has 1 aliphatic rings. The number of hydrogen-bond acceptors (Lipinski definition) is 5. The first kappa shape index (κ1) is 12.6. The second kappa shape index (κ2) is 6.22. The van der Waals surface area contributed by atoms with Crippen molar-refractivity contribution in [1.29, 1.82) is 0 Å². The van der Waals surface area contributed by atoms with Crippen molar-refractivity contribution >= 4 is 9.84 Å². The largest absolute Gasteiger partial charge is 0.382 e. The summed E-state index contributed by atoms with van der Waals surface area (Å²) in [5.41, 5.74) is 0. The molecule has 88 valence electrons. The third-order valence-corrected chi connectivity index (χ3v) is 3.25. The van der Waals surface area contributed by atoms with E-state index in [0.717, 1.165) is 0 Å². The summed E-state index contributed by atoms with van der Waals surface area (Å²) in [6.07, 6.45) is 1.24. The molecule has 0 radical (unpaired) electrons. The van der Waals surface area contributed by atoms with Crippen molar-refractivity contribution in [2.75, 3.05) is 39.3 Å². The van der Waals surface area contributed by atoms with Crippen LogP contribution in [0.2, 0.25) is 0 Å². The summed E-state index contributed by atoms with van der Waals surface area (Å²) >= 11 is 0. The Balaban J connectivity index is 2.00. The summed E-state index contributed by atoms with van der Waals surface area (Å²) in [6, 6.07) is 0. The van der Waals surface area contributed by atoms with Gasteiger partial charge in [-0.1, -0.05) is 0 Å². The molecular weight excluding hydrogens is 220 g/mol. The molecule has 1 aliphatic heterocycles. The predicted octanol–water partition coefficient (Wildman–Crippen LogP) is -0.0233. The van der Waals surface area contributed by atoms with E-state index in [1.54, 1.807) is 13.2 Å². The third kappa shape index (κ3) is 5.27. The molecule has 0 aromatic heterocycles. The fourth-order valence-electron chi connectivity index (χ4n) is 1.15. The fraction of sp³-hybridized carbons (Fsp3) is 0.778. The van der Waals surface area contributed by atoms with Crippen molar-refractivity contribution in [3.63, 3.8) is 0 Å². The van der Waals surface area contributed by atoms with Crippen molar-refractivity contribution in [3.8, 4) is 0 Å². The van der Waals surface area contributed by atoms with Gasteiger partial charge in [-0.3, -0.25) is 0 Å². The molecule has 0 spiro atoms. The summed E-state index contributed by atoms with van der Waals surface area (Å²) in [4.78, 5) is 0. The monoisotopic (exact) mass is 236 g/mol. The molecule has 0 saturated carbocycles. The molecular formula is C9H16O5S. The molecule has 0 aliphatic carbocycles. The maximum Gasteiger partial charge on any atom is 0.174 e. The van der Waals surface area contributed by atoms with Crippen LogP contribution in [-0.4, -0.2) is 53.8 Å². The quantitative estimate of drug-likeness (QED) is 0.581. The van der Waals surface area contributed by atoms with Crippen molar-refractivity contribution in [2.24, 2.45) is 0 Å². The summed E-state index contributed by atoms with van der Waals surface area (Å²) in [5.74, 6) is 0.0467. The second-order valence-electron chi connectivity index (χ2n) is 3.17. The van der Waals surface area contributed by atoms with E-state index in [1.165, 1.54) is 5.41 Å². The van der Waals surface area contributed by atoms with Crippen LogP contribution in [0.25, 0.3) is 0 Å². The Labute approximate surface area is 89.9 Å². The number of ether oxygens (including phenoxy) is 3. The lowest BCUT2D eigenvalue weighted by molar-refractivity contribution is 0.0137. The van der Waals surface area contributed by atoms with Gasteiger partial charge in [0.25, 0.3) is 0 Å². The van der Waals surface area contributed by atoms with E-state index in [4.69, 9.17) is 14.2 Å². The normalized spacial score (nSPS) is 23.4. The highest BCUT2D eigenvalue weighted by molar-refractivity contribution is 7.94. The minimum Gasteiger partial charge on any atom is -0.382 e. The highest BCUT2D eigenvalue weighted by Gasteiger charge is 2.21. The van der Waals surface area contributed by atoms with Crippen LogP contribution < -0.4 is 0 Å². The van der Waals surface area contributed by atoms with Gasteiger partial charge in [-0.25, -0.2) is 8.42 Å². The SMILES string of the molecule is COCCOCCOC1C=CS(=O)(=O)C1. The summed E-state index contributed by atoms with van der Waals surface area (Å²) in [6.45, 7) is 1.93. The smallest absolute Gasteiger partial charge is 0.174 e. The molecule has 6 heteroatoms. The molecule has 15 heavy (non-hydrogen) atoms. The average molecular weight is 236 g/mol. The molecule has 1 rings (SSSR count). The Morgan fingerprint density at radius 2 is 2.00 bits per heavy atom. The van der Waals surface area contributed by atoms with Gasteiger partial charge in [0, 0.05) is 12.5 Å². The van der Waals surface area contributed by atoms with Crippen LogP contribution in [0.15, 0.2) is 11.5 Å². The first-order chi connectivity index (χ1) is 7.14. The van der Waals surface area contributed by atoms with E-state index in [0.29, 0.717) is 26.4 Å². The van der Waals surface area contributed by atoms with Crippen LogP contribution in [0.1, 0.15) is 0 Å². The first-order valence-corrected chi connectivity index (χ1v) is 6.45. The summed E-state index contributed by atoms with van der Waals surface area (Å²) < 4.78 is 37.2. The third-order valence-electron chi connectivity index (χ3n) is 1.89. The van der Waals surface area contributed by atoms with Crippen LogP contribution in [0, 0.1) is 0 Å². The van der Waals surface area contributed by atoms with Crippen LogP contribution in [0.5, 0.6) is 0 Å². The maximum atomic E-state index is 11.0. The average Bonchev–Trinajstić information content (AvgIpc) is 2.52. The molecule has 0 aromatic carbocycles. The molecule has 0 amide bonds. The van der Waals surface area contributed by atoms with E-state index >= 15 is 0 Å². The molecule has 1 atom stereocenters. The van der Waals surface area contributed by atoms with Crippen LogP contribution in [0.4, 0.5) is 0 Å². The highest BCUT2D eigenvalue weighted by Crippen LogP contribution is 2.10. The van der Waals surface area contributed by atoms with E-state index in [9.17, 15) is 8.42 Å². The molecule has 0 fully saturated rings. The lowest BCUT2D eigenvalue weighted by Gasteiger charge is -2.09. The van der Waals surface area contributed by atoms with Gasteiger partial charge in [0.1, 0.15) is 0 Å². The van der Waals surface area contributed by atoms with Gasteiger partial charge in [-0.2, -0.15) is 0 Å². The van der Waals surface area contributed by atoms with Gasteiger partial charge in [0.05, 0.1) is 38.3 Å². The standard InChI is InChI=1S/C9H16O5S/c1-12-3-4-13-5-6-14-9-2-7-15(10,11)8-9/h2,7,9H,3-6,8H2,1H3. The fourth-order valence-corrected chi connectivity index (χ4v) is 2.34. The Bertz CT molecular complexity index is 296. The molecule has 1 heterocycles. The topological polar surface area (TPSA) is 61.8 Å². The molecule has 1 unspecified atom stereocenters. The minimum atomic E-state index is -3.01. The van der Waals surface area contributed by atoms with Crippen molar-refractivity contribution in [2.45, 2.75) is 6.10 Å². The number of sulfone groups is 1. The zero-order chi connectivity index (χ0) is 11.1. The van der Waals surface area contributed by atoms with E-state index in [-0.39, 0.29) is 11.9 Å². The van der Waals surface area contributed by atoms with Crippen LogP contribution in [0.3, 0.4) is 0 Å². The van der Waals surface area contributed by atoms with Crippen molar-refractivity contribution < 1.29 is 22.6 Å². The lowest BCUT2D eigenvalue weighted by Crippen LogP contribution is -2.18. The first-order valence-electron chi connectivity index (χ1n) is 4.73. The summed E-state index contributed by atoms with van der Waals surface area (Å²) in [7, 11) is -1.41. The van der Waals surface area contributed by atoms with Gasteiger partial charge in [0.2, 0.25) is 0 Å². The number of hydrogen-bond donors (Lipinski definition) is 0. The van der Waals surface area contributed by atoms with Gasteiger partial charge < -0.3 is 14.2 Å². The lowest BCUT2D eigenvalue weighted by atomic mass is 10.4. The molecule has 0 bridgehead atoms. The van der Waals surface area contributed by atoms with Gasteiger partial charge >= 0.3 is 0 Å². The van der Waals surface area contributed by atoms with Gasteiger partial charge in [-0.15, -0.1) is 0 Å². The zero-order valence-electron chi connectivity index (χ0n) is 8.72. The Kier molecular flexibility index (Phi) is 5.24. The van der Waals surface area contributed by atoms with Crippen molar-refractivity contribution in [1.82, 2.24) is 0 Å². The second-order valence-corrected chi connectivity index (χ2v) is 5.10. The Hall–Kier alpha value is -0.430. The summed E-state index contributed by atoms with van der Waals surface area (Å²) in [5, 5.41) is 1.20. The van der Waals surface area contributed by atoms with E-state index < -0.39 is 9.84 Å². The molecule has 0 aromatic rings. The Morgan fingerprint density at radius 1 is 1.27 bits per heavy atom. The zero-order valence-corrected chi connectivity index (χ0v) is 9.53. The van der Waals surface area contributed by atoms with Gasteiger partial charge in [0.15, 0.2) is 9.84 Å². The molecule has 5 nitrogen and oxygen atoms in total. The van der Waals surface area contributed by atoms with Crippen molar-refractivity contribution in [3.05, 3.63) is 11.5 Å². The van der Waals surface area contributed by atoms with E-state index in [1.807, 2.05) is 0 Å². The van der Waals surface area contributed by atoms with E-state index in [2.05, 4.69) is 0 Å². The molecule has 0 N–H and O–H groups in total.